The Balaban J connectivity index is 2.09. The molecule has 0 radical (unpaired) electrons. The molecule has 0 atom stereocenters. The first kappa shape index (κ1) is 14.9. The lowest BCUT2D eigenvalue weighted by Crippen LogP contribution is -2.01. The van der Waals surface area contributed by atoms with E-state index in [0.717, 1.165) is 28.1 Å². The zero-order chi connectivity index (χ0) is 14.7. The fourth-order valence-electron chi connectivity index (χ4n) is 1.91. The molecule has 1 heterocycles. The van der Waals surface area contributed by atoms with Crippen molar-refractivity contribution in [2.75, 3.05) is 12.4 Å². The van der Waals surface area contributed by atoms with Crippen LogP contribution >= 0.6 is 15.9 Å². The molecular weight excluding hydrogens is 318 g/mol. The molecule has 0 aliphatic heterocycles. The molecule has 0 fully saturated rings. The second kappa shape index (κ2) is 6.31. The molecule has 4 nitrogen and oxygen atoms in total. The molecule has 1 aromatic heterocycles. The zero-order valence-corrected chi connectivity index (χ0v) is 13.9. The van der Waals surface area contributed by atoms with Crippen molar-refractivity contribution < 1.29 is 4.74 Å². The third kappa shape index (κ3) is 3.33. The fourth-order valence-corrected chi connectivity index (χ4v) is 2.41. The molecule has 0 saturated carbocycles. The summed E-state index contributed by atoms with van der Waals surface area (Å²) in [5, 5.41) is 7.92. The Bertz CT molecular complexity index is 593. The fraction of sp³-hybridized carbons (Fsp3) is 0.400. The molecule has 20 heavy (non-hydrogen) atoms. The Kier molecular flexibility index (Phi) is 4.70. The summed E-state index contributed by atoms with van der Waals surface area (Å²) in [6.45, 7) is 7.01. The van der Waals surface area contributed by atoms with Crippen molar-refractivity contribution in [1.29, 1.82) is 0 Å². The zero-order valence-electron chi connectivity index (χ0n) is 12.3. The molecule has 0 aliphatic carbocycles. The summed E-state index contributed by atoms with van der Waals surface area (Å²) < 4.78 is 8.21. The molecule has 108 valence electrons. The second-order valence-electron chi connectivity index (χ2n) is 5.01. The van der Waals surface area contributed by atoms with Crippen LogP contribution in [0.4, 0.5) is 5.69 Å². The van der Waals surface area contributed by atoms with E-state index in [1.807, 2.05) is 23.7 Å². The number of hydrogen-bond donors (Lipinski definition) is 1. The third-order valence-corrected chi connectivity index (χ3v) is 3.91. The van der Waals surface area contributed by atoms with E-state index < -0.39 is 0 Å². The number of benzene rings is 1. The second-order valence-corrected chi connectivity index (χ2v) is 5.87. The van der Waals surface area contributed by atoms with Gasteiger partial charge in [0.25, 0.3) is 0 Å². The van der Waals surface area contributed by atoms with Crippen molar-refractivity contribution >= 4 is 21.6 Å². The van der Waals surface area contributed by atoms with Gasteiger partial charge in [0.05, 0.1) is 18.5 Å². The van der Waals surface area contributed by atoms with Crippen LogP contribution < -0.4 is 10.1 Å². The van der Waals surface area contributed by atoms with Crippen LogP contribution in [0.2, 0.25) is 0 Å². The quantitative estimate of drug-likeness (QED) is 0.890. The van der Waals surface area contributed by atoms with Gasteiger partial charge in [0.1, 0.15) is 5.75 Å². The summed E-state index contributed by atoms with van der Waals surface area (Å²) in [6, 6.07) is 6.36. The molecule has 0 bridgehead atoms. The van der Waals surface area contributed by atoms with Crippen LogP contribution in [-0.2, 0) is 6.54 Å². The number of ether oxygens (including phenoxy) is 1. The topological polar surface area (TPSA) is 39.1 Å². The monoisotopic (exact) mass is 337 g/mol. The van der Waals surface area contributed by atoms with Gasteiger partial charge < -0.3 is 10.1 Å². The van der Waals surface area contributed by atoms with Gasteiger partial charge in [0.2, 0.25) is 0 Å². The average Bonchev–Trinajstić information content (AvgIpc) is 2.79. The first-order valence-corrected chi connectivity index (χ1v) is 7.42. The van der Waals surface area contributed by atoms with Gasteiger partial charge in [-0.2, -0.15) is 5.10 Å². The van der Waals surface area contributed by atoms with Gasteiger partial charge in [-0.25, -0.2) is 0 Å². The van der Waals surface area contributed by atoms with Crippen molar-refractivity contribution in [2.24, 2.45) is 0 Å². The van der Waals surface area contributed by atoms with Gasteiger partial charge in [-0.1, -0.05) is 22.0 Å². The maximum absolute atomic E-state index is 5.20. The van der Waals surface area contributed by atoms with Crippen LogP contribution in [-0.4, -0.2) is 16.9 Å². The van der Waals surface area contributed by atoms with E-state index in [1.165, 1.54) is 5.56 Å². The van der Waals surface area contributed by atoms with E-state index in [4.69, 9.17) is 4.74 Å². The highest BCUT2D eigenvalue weighted by Gasteiger charge is 2.08. The lowest BCUT2D eigenvalue weighted by atomic mass is 10.2. The van der Waals surface area contributed by atoms with E-state index in [1.54, 1.807) is 7.11 Å². The number of aryl methyl sites for hydroxylation is 1. The Morgan fingerprint density at radius 3 is 2.70 bits per heavy atom. The predicted octanol–water partition coefficient (Wildman–Crippen LogP) is 4.16. The van der Waals surface area contributed by atoms with Crippen molar-refractivity contribution in [3.63, 3.8) is 0 Å². The van der Waals surface area contributed by atoms with Crippen molar-refractivity contribution in [2.45, 2.75) is 33.4 Å². The summed E-state index contributed by atoms with van der Waals surface area (Å²) >= 11 is 3.57. The van der Waals surface area contributed by atoms with Gasteiger partial charge in [0.15, 0.2) is 0 Å². The summed E-state index contributed by atoms with van der Waals surface area (Å²) in [5.74, 6) is 0.851. The molecule has 0 unspecified atom stereocenters. The van der Waals surface area contributed by atoms with Gasteiger partial charge in [-0.05, 0) is 38.5 Å². The smallest absolute Gasteiger partial charge is 0.120 e. The maximum Gasteiger partial charge on any atom is 0.120 e. The summed E-state index contributed by atoms with van der Waals surface area (Å²) in [6.07, 6.45) is 2.05. The van der Waals surface area contributed by atoms with E-state index >= 15 is 0 Å². The lowest BCUT2D eigenvalue weighted by Gasteiger charge is -2.09. The molecular formula is C15H20BrN3O. The summed E-state index contributed by atoms with van der Waals surface area (Å²) in [4.78, 5) is 0. The summed E-state index contributed by atoms with van der Waals surface area (Å²) in [7, 11) is 1.67. The molecule has 0 saturated heterocycles. The molecule has 1 N–H and O–H groups in total. The Morgan fingerprint density at radius 1 is 1.40 bits per heavy atom. The molecule has 0 amide bonds. The number of rotatable bonds is 5. The van der Waals surface area contributed by atoms with E-state index in [0.29, 0.717) is 6.04 Å². The lowest BCUT2D eigenvalue weighted by molar-refractivity contribution is 0.414. The molecule has 5 heteroatoms. The number of methoxy groups -OCH3 is 1. The highest BCUT2D eigenvalue weighted by Crippen LogP contribution is 2.24. The number of nitrogens with zero attached hydrogens (tertiary/aromatic N) is 2. The first-order valence-electron chi connectivity index (χ1n) is 6.63. The normalized spacial score (nSPS) is 10.9. The third-order valence-electron chi connectivity index (χ3n) is 3.18. The average molecular weight is 338 g/mol. The van der Waals surface area contributed by atoms with E-state index in [2.05, 4.69) is 52.5 Å². The van der Waals surface area contributed by atoms with Crippen LogP contribution in [0.5, 0.6) is 5.75 Å². The Labute approximate surface area is 128 Å². The van der Waals surface area contributed by atoms with Crippen LogP contribution in [0.1, 0.15) is 31.1 Å². The van der Waals surface area contributed by atoms with Crippen LogP contribution in [0.3, 0.4) is 0 Å². The summed E-state index contributed by atoms with van der Waals surface area (Å²) in [5.41, 5.74) is 3.27. The predicted molar refractivity (Wildman–Crippen MR) is 85.4 cm³/mol. The van der Waals surface area contributed by atoms with Crippen molar-refractivity contribution in [3.05, 3.63) is 40.1 Å². The Hall–Kier alpha value is -1.49. The number of aromatic nitrogens is 2. The minimum atomic E-state index is 0.372. The maximum atomic E-state index is 5.20. The molecule has 1 aromatic carbocycles. The van der Waals surface area contributed by atoms with Crippen LogP contribution in [0.15, 0.2) is 28.9 Å². The van der Waals surface area contributed by atoms with Gasteiger partial charge in [0, 0.05) is 23.3 Å². The number of halogens is 1. The first-order chi connectivity index (χ1) is 9.51. The number of anilines is 1. The molecule has 0 spiro atoms. The number of nitrogens with one attached hydrogen (secondary N) is 1. The van der Waals surface area contributed by atoms with Crippen LogP contribution in [0, 0.1) is 6.92 Å². The Morgan fingerprint density at radius 2 is 2.15 bits per heavy atom. The minimum Gasteiger partial charge on any atom is -0.497 e. The highest BCUT2D eigenvalue weighted by atomic mass is 79.9. The van der Waals surface area contributed by atoms with Gasteiger partial charge >= 0.3 is 0 Å². The minimum absolute atomic E-state index is 0.372. The number of hydrogen-bond acceptors (Lipinski definition) is 3. The van der Waals surface area contributed by atoms with Gasteiger partial charge in [-0.15, -0.1) is 0 Å². The molecule has 2 aromatic rings. The molecule has 0 aliphatic rings. The van der Waals surface area contributed by atoms with Crippen LogP contribution in [0.25, 0.3) is 0 Å². The van der Waals surface area contributed by atoms with Crippen molar-refractivity contribution in [3.8, 4) is 5.75 Å². The standard InChI is InChI=1S/C15H20BrN3O/c1-10(2)19-9-15(11(3)18-19)17-8-12-5-6-13(20-4)7-14(12)16/h5-7,9-10,17H,8H2,1-4H3. The van der Waals surface area contributed by atoms with E-state index in [-0.39, 0.29) is 0 Å². The van der Waals surface area contributed by atoms with Crippen molar-refractivity contribution in [1.82, 2.24) is 9.78 Å². The van der Waals surface area contributed by atoms with E-state index in [9.17, 15) is 0 Å². The molecule has 2 rings (SSSR count). The highest BCUT2D eigenvalue weighted by molar-refractivity contribution is 9.10. The largest absolute Gasteiger partial charge is 0.497 e. The SMILES string of the molecule is COc1ccc(CNc2cn(C(C)C)nc2C)c(Br)c1. The van der Waals surface area contributed by atoms with Gasteiger partial charge in [-0.3, -0.25) is 4.68 Å².